The van der Waals surface area contributed by atoms with Crippen LogP contribution in [0.25, 0.3) is 0 Å². The van der Waals surface area contributed by atoms with Crippen LogP contribution in [0.2, 0.25) is 10.0 Å². The van der Waals surface area contributed by atoms with Crippen LogP contribution in [0.15, 0.2) is 97.3 Å². The van der Waals surface area contributed by atoms with Crippen molar-refractivity contribution in [2.45, 2.75) is 52.2 Å². The summed E-state index contributed by atoms with van der Waals surface area (Å²) in [5.41, 5.74) is 4.53. The summed E-state index contributed by atoms with van der Waals surface area (Å²) >= 11 is 12.7. The number of aryl methyl sites for hydroxylation is 1. The Morgan fingerprint density at radius 2 is 1.57 bits per heavy atom. The molecule has 0 saturated heterocycles. The molecule has 208 valence electrons. The van der Waals surface area contributed by atoms with Crippen LogP contribution in [-0.2, 0) is 17.8 Å². The molecule has 0 N–H and O–H groups in total. The lowest BCUT2D eigenvalue weighted by molar-refractivity contribution is -0.697. The second kappa shape index (κ2) is 13.5. The van der Waals surface area contributed by atoms with E-state index in [-0.39, 0.29) is 22.4 Å². The molecule has 0 fully saturated rings. The summed E-state index contributed by atoms with van der Waals surface area (Å²) in [6.45, 7) is 7.02. The number of quaternary nitrogens is 1. The van der Waals surface area contributed by atoms with Crippen molar-refractivity contribution in [1.29, 1.82) is 0 Å². The molecule has 0 aliphatic heterocycles. The lowest BCUT2D eigenvalue weighted by Crippen LogP contribution is -2.52. The van der Waals surface area contributed by atoms with Gasteiger partial charge in [-0.05, 0) is 61.2 Å². The van der Waals surface area contributed by atoms with Crippen LogP contribution >= 0.6 is 23.2 Å². The fourth-order valence-electron chi connectivity index (χ4n) is 5.01. The largest absolute Gasteiger partial charge is 0.491 e. The van der Waals surface area contributed by atoms with Gasteiger partial charge in [0.1, 0.15) is 18.0 Å². The standard InChI is InChI=1S/C34H38Cl2N2O2/c1-25(2)40-32-12-8-11-31(23-32)38(4,26(3)39)24-30(29-13-14-33(35)34(36)22-29)17-20-37-18-15-28(16-19-37)21-27-9-6-5-7-10-27/h5-16,18-19,22-23,25,30H,17,20-21,24H2,1-4H3/q+2. The Morgan fingerprint density at radius 1 is 0.875 bits per heavy atom. The number of nitrogens with zero attached hydrogens (tertiary/aromatic N) is 2. The molecule has 1 amide bonds. The smallest absolute Gasteiger partial charge is 0.315 e. The number of likely N-dealkylation sites (N-methyl/N-ethyl adjacent to an activating group) is 1. The number of amides is 1. The molecule has 0 saturated carbocycles. The van der Waals surface area contributed by atoms with Crippen molar-refractivity contribution < 1.29 is 14.1 Å². The van der Waals surface area contributed by atoms with E-state index in [1.807, 2.05) is 69.4 Å². The molecule has 0 spiro atoms. The van der Waals surface area contributed by atoms with Gasteiger partial charge in [0.2, 0.25) is 0 Å². The minimum Gasteiger partial charge on any atom is -0.491 e. The van der Waals surface area contributed by atoms with E-state index in [1.165, 1.54) is 11.1 Å². The maximum absolute atomic E-state index is 13.2. The molecule has 2 atom stereocenters. The molecule has 0 aliphatic carbocycles. The zero-order chi connectivity index (χ0) is 28.7. The van der Waals surface area contributed by atoms with Crippen LogP contribution in [0.5, 0.6) is 5.75 Å². The lowest BCUT2D eigenvalue weighted by atomic mass is 9.93. The van der Waals surface area contributed by atoms with Gasteiger partial charge in [-0.3, -0.25) is 0 Å². The Balaban J connectivity index is 1.58. The molecule has 6 heteroatoms. The number of hydrogen-bond acceptors (Lipinski definition) is 2. The number of aromatic nitrogens is 1. The van der Waals surface area contributed by atoms with Crippen molar-refractivity contribution in [2.24, 2.45) is 0 Å². The first-order valence-electron chi connectivity index (χ1n) is 13.7. The first-order valence-corrected chi connectivity index (χ1v) is 14.5. The number of carbonyl (C=O) groups is 1. The average molecular weight is 578 g/mol. The molecule has 40 heavy (non-hydrogen) atoms. The minimum absolute atomic E-state index is 0.0476. The average Bonchev–Trinajstić information content (AvgIpc) is 2.93. The van der Waals surface area contributed by atoms with Gasteiger partial charge in [-0.2, -0.15) is 0 Å². The number of halogens is 2. The molecule has 4 rings (SSSR count). The summed E-state index contributed by atoms with van der Waals surface area (Å²) in [4.78, 5) is 13.2. The van der Waals surface area contributed by atoms with Gasteiger partial charge in [-0.15, -0.1) is 0 Å². The fourth-order valence-corrected chi connectivity index (χ4v) is 5.32. The summed E-state index contributed by atoms with van der Waals surface area (Å²) in [6.07, 6.45) is 6.05. The van der Waals surface area contributed by atoms with E-state index in [1.54, 1.807) is 6.92 Å². The third-order valence-electron chi connectivity index (χ3n) is 7.40. The molecule has 0 radical (unpaired) electrons. The third-order valence-corrected chi connectivity index (χ3v) is 8.14. The number of benzene rings is 3. The Bertz CT molecular complexity index is 1420. The van der Waals surface area contributed by atoms with Crippen LogP contribution in [0, 0.1) is 0 Å². The van der Waals surface area contributed by atoms with Crippen LogP contribution < -0.4 is 13.8 Å². The van der Waals surface area contributed by atoms with Crippen LogP contribution in [-0.4, -0.2) is 25.6 Å². The topological polar surface area (TPSA) is 30.2 Å². The summed E-state index contributed by atoms with van der Waals surface area (Å²) in [7, 11) is 1.98. The molecular formula is C34H38Cl2N2O2+2. The summed E-state index contributed by atoms with van der Waals surface area (Å²) in [5.74, 6) is 0.870. The molecule has 4 nitrogen and oxygen atoms in total. The maximum Gasteiger partial charge on any atom is 0.315 e. The second-order valence-corrected chi connectivity index (χ2v) is 11.6. The SMILES string of the molecule is CC(=O)[N+](C)(CC(CC[n+]1ccc(Cc2ccccc2)cc1)c1ccc(Cl)c(Cl)c1)c1cccc(OC(C)C)c1. The highest BCUT2D eigenvalue weighted by atomic mass is 35.5. The lowest BCUT2D eigenvalue weighted by Gasteiger charge is -2.34. The number of rotatable bonds is 11. The van der Waals surface area contributed by atoms with Crippen molar-refractivity contribution in [3.8, 4) is 5.75 Å². The predicted octanol–water partition coefficient (Wildman–Crippen LogP) is 8.02. The molecule has 2 unspecified atom stereocenters. The van der Waals surface area contributed by atoms with Crippen molar-refractivity contribution in [2.75, 3.05) is 13.6 Å². The van der Waals surface area contributed by atoms with E-state index in [2.05, 4.69) is 53.4 Å². The number of ether oxygens (including phenoxy) is 1. The van der Waals surface area contributed by atoms with Crippen molar-refractivity contribution in [3.63, 3.8) is 0 Å². The summed E-state index contributed by atoms with van der Waals surface area (Å²) in [5, 5.41) is 1.04. The number of pyridine rings is 1. The fraction of sp³-hybridized carbons (Fsp3) is 0.294. The van der Waals surface area contributed by atoms with Crippen LogP contribution in [0.3, 0.4) is 0 Å². The van der Waals surface area contributed by atoms with E-state index < -0.39 is 0 Å². The zero-order valence-electron chi connectivity index (χ0n) is 23.7. The summed E-state index contributed by atoms with van der Waals surface area (Å²) < 4.78 is 8.29. The van der Waals surface area contributed by atoms with E-state index in [4.69, 9.17) is 27.9 Å². The molecule has 0 bridgehead atoms. The van der Waals surface area contributed by atoms with Gasteiger partial charge in [0.25, 0.3) is 0 Å². The predicted molar refractivity (Wildman–Crippen MR) is 165 cm³/mol. The maximum atomic E-state index is 13.2. The van der Waals surface area contributed by atoms with Crippen LogP contribution in [0.1, 0.15) is 49.8 Å². The molecule has 0 aliphatic rings. The molecule has 4 aromatic rings. The highest BCUT2D eigenvalue weighted by Gasteiger charge is 2.36. The zero-order valence-corrected chi connectivity index (χ0v) is 25.2. The monoisotopic (exact) mass is 576 g/mol. The van der Waals surface area contributed by atoms with Gasteiger partial charge >= 0.3 is 5.91 Å². The molecule has 1 heterocycles. The highest BCUT2D eigenvalue weighted by Crippen LogP contribution is 2.34. The third kappa shape index (κ3) is 7.72. The van der Waals surface area contributed by atoms with Gasteiger partial charge in [-0.1, -0.05) is 65.7 Å². The van der Waals surface area contributed by atoms with Crippen molar-refractivity contribution in [3.05, 3.63) is 124 Å². The molecule has 1 aromatic heterocycles. The van der Waals surface area contributed by atoms with Crippen molar-refractivity contribution in [1.82, 2.24) is 4.48 Å². The number of carbonyl (C=O) groups excluding carboxylic acids is 1. The van der Waals surface area contributed by atoms with E-state index in [0.717, 1.165) is 36.4 Å². The van der Waals surface area contributed by atoms with Gasteiger partial charge in [0.05, 0.1) is 36.7 Å². The Kier molecular flexibility index (Phi) is 10.0. The van der Waals surface area contributed by atoms with E-state index in [0.29, 0.717) is 16.6 Å². The summed E-state index contributed by atoms with van der Waals surface area (Å²) in [6, 6.07) is 28.5. The molecule has 3 aromatic carbocycles. The second-order valence-electron chi connectivity index (χ2n) is 10.8. The van der Waals surface area contributed by atoms with Gasteiger partial charge < -0.3 is 4.74 Å². The molecular weight excluding hydrogens is 539 g/mol. The first-order chi connectivity index (χ1) is 19.1. The van der Waals surface area contributed by atoms with Crippen molar-refractivity contribution >= 4 is 34.8 Å². The van der Waals surface area contributed by atoms with E-state index >= 15 is 0 Å². The Hall–Kier alpha value is -3.18. The number of hydrogen-bond donors (Lipinski definition) is 0. The normalized spacial score (nSPS) is 13.6. The Labute approximate surface area is 248 Å². The highest BCUT2D eigenvalue weighted by molar-refractivity contribution is 6.42. The van der Waals surface area contributed by atoms with Gasteiger partial charge in [0.15, 0.2) is 12.4 Å². The van der Waals surface area contributed by atoms with Gasteiger partial charge in [0, 0.05) is 30.5 Å². The minimum atomic E-state index is 0.0476. The van der Waals surface area contributed by atoms with E-state index in [9.17, 15) is 4.79 Å². The quantitative estimate of drug-likeness (QED) is 0.134. The van der Waals surface area contributed by atoms with Crippen LogP contribution in [0.4, 0.5) is 5.69 Å². The first kappa shape index (κ1) is 29.8. The Morgan fingerprint density at radius 3 is 2.23 bits per heavy atom. The van der Waals surface area contributed by atoms with Gasteiger partial charge in [-0.25, -0.2) is 13.8 Å².